The number of rotatable bonds is 7. The Morgan fingerprint density at radius 1 is 1.32 bits per heavy atom. The van der Waals surface area contributed by atoms with Crippen molar-refractivity contribution < 1.29 is 4.74 Å². The molecule has 0 saturated heterocycles. The van der Waals surface area contributed by atoms with Crippen LogP contribution in [0.5, 0.6) is 5.75 Å². The van der Waals surface area contributed by atoms with Gasteiger partial charge in [0.1, 0.15) is 18.2 Å². The maximum atomic E-state index is 5.87. The second kappa shape index (κ2) is 11.1. The molecule has 0 saturated carbocycles. The molecule has 138 valence electrons. The summed E-state index contributed by atoms with van der Waals surface area (Å²) in [5, 5.41) is 15.1. The largest absolute Gasteiger partial charge is 0.489 e. The maximum absolute atomic E-state index is 5.87. The highest BCUT2D eigenvalue weighted by Crippen LogP contribution is 2.16. The van der Waals surface area contributed by atoms with Crippen LogP contribution in [0.15, 0.2) is 35.6 Å². The van der Waals surface area contributed by atoms with Crippen LogP contribution in [0, 0.1) is 0 Å². The molecular formula is C16H24ClIN6O. The smallest absolute Gasteiger partial charge is 0.191 e. The molecule has 0 radical (unpaired) electrons. The number of aliphatic imine (C=N–C) groups is 1. The van der Waals surface area contributed by atoms with Crippen molar-refractivity contribution in [2.24, 2.45) is 4.99 Å². The first-order valence-corrected chi connectivity index (χ1v) is 8.23. The van der Waals surface area contributed by atoms with Gasteiger partial charge in [0.05, 0.1) is 13.1 Å². The number of hydrogen-bond donors (Lipinski definition) is 2. The molecule has 25 heavy (non-hydrogen) atoms. The van der Waals surface area contributed by atoms with Crippen LogP contribution in [0.4, 0.5) is 0 Å². The minimum Gasteiger partial charge on any atom is -0.489 e. The Labute approximate surface area is 170 Å². The predicted octanol–water partition coefficient (Wildman–Crippen LogP) is 2.70. The maximum Gasteiger partial charge on any atom is 0.191 e. The zero-order valence-electron chi connectivity index (χ0n) is 14.6. The van der Waals surface area contributed by atoms with E-state index in [4.69, 9.17) is 16.3 Å². The van der Waals surface area contributed by atoms with Crippen LogP contribution < -0.4 is 15.4 Å². The average molecular weight is 479 g/mol. The number of benzene rings is 1. The van der Waals surface area contributed by atoms with E-state index in [9.17, 15) is 0 Å². The summed E-state index contributed by atoms with van der Waals surface area (Å²) in [5.74, 6) is 2.34. The molecule has 2 aromatic rings. The molecule has 0 amide bonds. The van der Waals surface area contributed by atoms with E-state index in [0.717, 1.165) is 18.1 Å². The lowest BCUT2D eigenvalue weighted by molar-refractivity contribution is 0.224. The van der Waals surface area contributed by atoms with Gasteiger partial charge >= 0.3 is 0 Å². The molecule has 1 atom stereocenters. The minimum absolute atomic E-state index is 0. The summed E-state index contributed by atoms with van der Waals surface area (Å²) in [6.07, 6.45) is 1.69. The van der Waals surface area contributed by atoms with Crippen LogP contribution >= 0.6 is 35.6 Å². The summed E-state index contributed by atoms with van der Waals surface area (Å²) in [7, 11) is 1.73. The van der Waals surface area contributed by atoms with Crippen molar-refractivity contribution in [3.63, 3.8) is 0 Å². The second-order valence-electron chi connectivity index (χ2n) is 5.22. The molecule has 0 fully saturated rings. The average Bonchev–Trinajstić information content (AvgIpc) is 3.04. The molecule has 1 unspecified atom stereocenters. The molecule has 1 aromatic heterocycles. The molecule has 7 nitrogen and oxygen atoms in total. The summed E-state index contributed by atoms with van der Waals surface area (Å²) >= 11 is 5.87. The molecule has 0 aliphatic carbocycles. The molecular weight excluding hydrogens is 455 g/mol. The summed E-state index contributed by atoms with van der Waals surface area (Å²) in [5.41, 5.74) is 0. The van der Waals surface area contributed by atoms with Crippen molar-refractivity contribution in [2.75, 3.05) is 13.6 Å². The molecule has 0 bridgehead atoms. The third-order valence-electron chi connectivity index (χ3n) is 3.38. The minimum atomic E-state index is -0.0241. The molecule has 2 N–H and O–H groups in total. The van der Waals surface area contributed by atoms with Crippen LogP contribution in [0.1, 0.15) is 19.7 Å². The number of guanidine groups is 1. The summed E-state index contributed by atoms with van der Waals surface area (Å²) in [6, 6.07) is 7.32. The van der Waals surface area contributed by atoms with E-state index < -0.39 is 0 Å². The monoisotopic (exact) mass is 478 g/mol. The predicted molar refractivity (Wildman–Crippen MR) is 111 cm³/mol. The van der Waals surface area contributed by atoms with E-state index in [0.29, 0.717) is 24.1 Å². The number of hydrogen-bond acceptors (Lipinski definition) is 4. The van der Waals surface area contributed by atoms with Gasteiger partial charge < -0.3 is 19.9 Å². The quantitative estimate of drug-likeness (QED) is 0.364. The number of ether oxygens (including phenoxy) is 1. The van der Waals surface area contributed by atoms with Gasteiger partial charge in [-0.15, -0.1) is 34.2 Å². The van der Waals surface area contributed by atoms with Gasteiger partial charge in [-0.2, -0.15) is 0 Å². The Bertz CT molecular complexity index is 661. The number of aryl methyl sites for hydroxylation is 1. The van der Waals surface area contributed by atoms with E-state index in [1.54, 1.807) is 25.5 Å². The van der Waals surface area contributed by atoms with Crippen molar-refractivity contribution in [1.29, 1.82) is 0 Å². The highest BCUT2D eigenvalue weighted by molar-refractivity contribution is 14.0. The van der Waals surface area contributed by atoms with Gasteiger partial charge in [-0.05, 0) is 38.1 Å². The topological polar surface area (TPSA) is 76.4 Å². The summed E-state index contributed by atoms with van der Waals surface area (Å²) in [6.45, 7) is 6.04. The fourth-order valence-corrected chi connectivity index (χ4v) is 2.22. The van der Waals surface area contributed by atoms with Gasteiger partial charge in [-0.1, -0.05) is 11.6 Å². The van der Waals surface area contributed by atoms with Crippen molar-refractivity contribution in [1.82, 2.24) is 25.4 Å². The number of nitrogens with zero attached hydrogens (tertiary/aromatic N) is 4. The fourth-order valence-electron chi connectivity index (χ4n) is 2.09. The van der Waals surface area contributed by atoms with Crippen molar-refractivity contribution in [3.8, 4) is 5.75 Å². The van der Waals surface area contributed by atoms with Gasteiger partial charge in [0.25, 0.3) is 0 Å². The van der Waals surface area contributed by atoms with Crippen LogP contribution in [0.2, 0.25) is 5.02 Å². The van der Waals surface area contributed by atoms with Gasteiger partial charge in [0, 0.05) is 18.6 Å². The van der Waals surface area contributed by atoms with Crippen LogP contribution in [-0.2, 0) is 13.1 Å². The van der Waals surface area contributed by atoms with Crippen molar-refractivity contribution in [3.05, 3.63) is 41.4 Å². The van der Waals surface area contributed by atoms with E-state index in [-0.39, 0.29) is 30.1 Å². The Morgan fingerprint density at radius 2 is 2.04 bits per heavy atom. The van der Waals surface area contributed by atoms with Crippen molar-refractivity contribution in [2.45, 2.75) is 33.0 Å². The normalized spacial score (nSPS) is 12.2. The van der Waals surface area contributed by atoms with Crippen LogP contribution in [0.25, 0.3) is 0 Å². The zero-order chi connectivity index (χ0) is 17.4. The number of halogens is 2. The van der Waals surface area contributed by atoms with E-state index in [1.807, 2.05) is 23.6 Å². The first kappa shape index (κ1) is 21.5. The first-order chi connectivity index (χ1) is 11.6. The Balaban J connectivity index is 0.00000312. The van der Waals surface area contributed by atoms with Crippen LogP contribution in [-0.4, -0.2) is 40.4 Å². The number of aromatic nitrogens is 3. The Hall–Kier alpha value is -1.55. The summed E-state index contributed by atoms with van der Waals surface area (Å²) in [4.78, 5) is 4.20. The Kier molecular flexibility index (Phi) is 9.58. The highest BCUT2D eigenvalue weighted by atomic mass is 127. The lowest BCUT2D eigenvalue weighted by Gasteiger charge is -2.17. The molecule has 9 heteroatoms. The van der Waals surface area contributed by atoms with Crippen LogP contribution in [0.3, 0.4) is 0 Å². The van der Waals surface area contributed by atoms with E-state index >= 15 is 0 Å². The molecule has 0 aliphatic rings. The van der Waals surface area contributed by atoms with Gasteiger partial charge in [0.2, 0.25) is 0 Å². The number of nitrogens with one attached hydrogen (secondary N) is 2. The highest BCUT2D eigenvalue weighted by Gasteiger charge is 2.07. The van der Waals surface area contributed by atoms with Gasteiger partial charge in [-0.25, -0.2) is 0 Å². The molecule has 1 aromatic carbocycles. The lowest BCUT2D eigenvalue weighted by atomic mass is 10.3. The lowest BCUT2D eigenvalue weighted by Crippen LogP contribution is -2.41. The SMILES string of the molecule is CCn1cnnc1CNC(=NC)NCC(C)Oc1ccc(Cl)cc1.I. The second-order valence-corrected chi connectivity index (χ2v) is 5.66. The van der Waals surface area contributed by atoms with Gasteiger partial charge in [-0.3, -0.25) is 4.99 Å². The molecule has 1 heterocycles. The first-order valence-electron chi connectivity index (χ1n) is 7.85. The molecule has 0 aliphatic heterocycles. The standard InChI is InChI=1S/C16H23ClN6O.HI/c1-4-23-11-21-22-15(23)10-20-16(18-3)19-9-12(2)24-14-7-5-13(17)6-8-14;/h5-8,11-12H,4,9-10H2,1-3H3,(H2,18,19,20);1H. The zero-order valence-corrected chi connectivity index (χ0v) is 17.7. The van der Waals surface area contributed by atoms with Gasteiger partial charge in [0.15, 0.2) is 11.8 Å². The Morgan fingerprint density at radius 3 is 2.68 bits per heavy atom. The fraction of sp³-hybridized carbons (Fsp3) is 0.438. The van der Waals surface area contributed by atoms with Crippen molar-refractivity contribution >= 4 is 41.5 Å². The molecule has 2 rings (SSSR count). The third kappa shape index (κ3) is 7.07. The summed E-state index contributed by atoms with van der Waals surface area (Å²) < 4.78 is 7.80. The third-order valence-corrected chi connectivity index (χ3v) is 3.63. The van der Waals surface area contributed by atoms with E-state index in [2.05, 4.69) is 32.7 Å². The molecule has 0 spiro atoms. The van der Waals surface area contributed by atoms with E-state index in [1.165, 1.54) is 0 Å².